The zero-order valence-electron chi connectivity index (χ0n) is 22.9. The highest BCUT2D eigenvalue weighted by Crippen LogP contribution is 2.47. The van der Waals surface area contributed by atoms with Crippen molar-refractivity contribution in [2.24, 2.45) is 5.73 Å². The van der Waals surface area contributed by atoms with Gasteiger partial charge in [0.05, 0.1) is 18.3 Å². The van der Waals surface area contributed by atoms with Gasteiger partial charge >= 0.3 is 6.18 Å². The van der Waals surface area contributed by atoms with Gasteiger partial charge < -0.3 is 25.6 Å². The van der Waals surface area contributed by atoms with Crippen LogP contribution in [0.4, 0.5) is 13.2 Å². The predicted molar refractivity (Wildman–Crippen MR) is 149 cm³/mol. The number of primary amides is 1. The lowest BCUT2D eigenvalue weighted by Gasteiger charge is -2.31. The van der Waals surface area contributed by atoms with E-state index in [-0.39, 0.29) is 35.3 Å². The van der Waals surface area contributed by atoms with E-state index in [4.69, 9.17) is 15.2 Å². The molecule has 0 radical (unpaired) electrons. The number of amides is 2. The summed E-state index contributed by atoms with van der Waals surface area (Å²) in [4.78, 5) is 34.2. The van der Waals surface area contributed by atoms with Gasteiger partial charge in [-0.25, -0.2) is 4.98 Å². The minimum atomic E-state index is -5.29. The second-order valence-corrected chi connectivity index (χ2v) is 11.0. The number of benzene rings is 2. The molecule has 2 aromatic heterocycles. The van der Waals surface area contributed by atoms with Gasteiger partial charge in [-0.2, -0.15) is 13.2 Å². The van der Waals surface area contributed by atoms with Crippen LogP contribution in [0.5, 0.6) is 11.5 Å². The number of rotatable bonds is 8. The number of hydrogen-bond donors (Lipinski definition) is 3. The average molecular weight is 593 g/mol. The summed E-state index contributed by atoms with van der Waals surface area (Å²) in [7, 11) is 0. The summed E-state index contributed by atoms with van der Waals surface area (Å²) in [5.74, 6) is -1.25. The number of aliphatic hydroxyl groups is 1. The van der Waals surface area contributed by atoms with E-state index in [2.05, 4.69) is 15.3 Å². The molecule has 2 atom stereocenters. The first-order valence-electron chi connectivity index (χ1n) is 13.6. The van der Waals surface area contributed by atoms with Gasteiger partial charge in [0.15, 0.2) is 0 Å². The molecule has 1 aliphatic carbocycles. The summed E-state index contributed by atoms with van der Waals surface area (Å²) in [6.07, 6.45) is -2.03. The van der Waals surface area contributed by atoms with Crippen LogP contribution in [0.15, 0.2) is 66.9 Å². The van der Waals surface area contributed by atoms with Gasteiger partial charge in [0.2, 0.25) is 11.5 Å². The Morgan fingerprint density at radius 3 is 2.56 bits per heavy atom. The minimum Gasteiger partial charge on any atom is -0.489 e. The third kappa shape index (κ3) is 5.01. The molecule has 4 aromatic rings. The summed E-state index contributed by atoms with van der Waals surface area (Å²) in [6, 6.07) is 15.5. The van der Waals surface area contributed by atoms with Gasteiger partial charge in [0.25, 0.3) is 5.91 Å². The van der Waals surface area contributed by atoms with Crippen molar-refractivity contribution < 1.29 is 37.3 Å². The second kappa shape index (κ2) is 10.2. The normalized spacial score (nSPS) is 19.3. The number of nitrogens with two attached hydrogens (primary N) is 1. The first-order chi connectivity index (χ1) is 20.4. The van der Waals surface area contributed by atoms with Crippen LogP contribution in [0, 0.1) is 0 Å². The van der Waals surface area contributed by atoms with Crippen LogP contribution in [0.2, 0.25) is 0 Å². The van der Waals surface area contributed by atoms with Gasteiger partial charge in [-0.05, 0) is 44.0 Å². The maximum Gasteiger partial charge on any atom is 0.424 e. The third-order valence-electron chi connectivity index (χ3n) is 7.81. The maximum atomic E-state index is 14.7. The lowest BCUT2D eigenvalue weighted by Crippen LogP contribution is -2.51. The van der Waals surface area contributed by atoms with Crippen molar-refractivity contribution in [2.75, 3.05) is 13.2 Å². The van der Waals surface area contributed by atoms with Gasteiger partial charge in [-0.15, -0.1) is 0 Å². The number of hydrogen-bond acceptors (Lipinski definition) is 7. The Morgan fingerprint density at radius 1 is 1.14 bits per heavy atom. The van der Waals surface area contributed by atoms with Crippen LogP contribution in [-0.4, -0.2) is 52.3 Å². The van der Waals surface area contributed by atoms with Crippen LogP contribution >= 0.6 is 0 Å². The van der Waals surface area contributed by atoms with Crippen molar-refractivity contribution in [2.45, 2.75) is 43.1 Å². The van der Waals surface area contributed by atoms with Gasteiger partial charge in [-0.3, -0.25) is 14.6 Å². The largest absolute Gasteiger partial charge is 0.489 e. The fourth-order valence-electron chi connectivity index (χ4n) is 4.98. The second-order valence-electron chi connectivity index (χ2n) is 11.0. The SMILES string of the molecule is C[C@]1(C(N)=O)COc2c1cc([C@@](O)(CNC(=O)c1cc(OC3CC3)c3ncccc3c1)C(F)(F)F)nc2-c1ccccc1. The number of aromatic nitrogens is 2. The molecule has 0 spiro atoms. The quantitative estimate of drug-likeness (QED) is 0.280. The molecule has 6 rings (SSSR count). The zero-order valence-corrected chi connectivity index (χ0v) is 22.9. The molecule has 43 heavy (non-hydrogen) atoms. The monoisotopic (exact) mass is 592 g/mol. The molecule has 3 heterocycles. The van der Waals surface area contributed by atoms with Crippen molar-refractivity contribution in [3.8, 4) is 22.8 Å². The van der Waals surface area contributed by atoms with Crippen molar-refractivity contribution in [3.63, 3.8) is 0 Å². The highest BCUT2D eigenvalue weighted by Gasteiger charge is 2.57. The number of alkyl halides is 3. The zero-order chi connectivity index (χ0) is 30.6. The van der Waals surface area contributed by atoms with Crippen molar-refractivity contribution in [1.82, 2.24) is 15.3 Å². The number of halogens is 3. The Hall–Kier alpha value is -4.71. The topological polar surface area (TPSA) is 137 Å². The number of pyridine rings is 2. The van der Waals surface area contributed by atoms with Gasteiger partial charge in [0.1, 0.15) is 34.7 Å². The summed E-state index contributed by atoms with van der Waals surface area (Å²) in [5, 5.41) is 14.1. The standard InChI is InChI=1S/C31H27F3N4O5/c1-29(28(35)40)16-42-26-21(29)14-23(38-25(26)17-6-3-2-4-7-17)30(41,31(32,33)34)15-37-27(39)19-12-18-8-5-11-36-24(18)22(13-19)43-20-9-10-20/h2-8,11-14,20,41H,9-10,15-16H2,1H3,(H2,35,40)(H,37,39)/t29-,30-/m0/s1. The summed E-state index contributed by atoms with van der Waals surface area (Å²) >= 11 is 0. The summed E-state index contributed by atoms with van der Waals surface area (Å²) in [6.45, 7) is -0.0384. The summed E-state index contributed by atoms with van der Waals surface area (Å²) < 4.78 is 55.8. The number of nitrogens with zero attached hydrogens (tertiary/aromatic N) is 2. The Kier molecular flexibility index (Phi) is 6.76. The molecule has 9 nitrogen and oxygen atoms in total. The van der Waals surface area contributed by atoms with Crippen molar-refractivity contribution in [3.05, 3.63) is 83.7 Å². The molecule has 4 N–H and O–H groups in total. The number of nitrogens with one attached hydrogen (secondary N) is 1. The molecule has 222 valence electrons. The minimum absolute atomic E-state index is 0.00373. The van der Waals surface area contributed by atoms with Crippen LogP contribution in [-0.2, 0) is 15.8 Å². The molecule has 0 unspecified atom stereocenters. The Balaban J connectivity index is 1.39. The smallest absolute Gasteiger partial charge is 0.424 e. The van der Waals surface area contributed by atoms with Crippen LogP contribution in [0.3, 0.4) is 0 Å². The van der Waals surface area contributed by atoms with Crippen LogP contribution < -0.4 is 20.5 Å². The van der Waals surface area contributed by atoms with Crippen molar-refractivity contribution >= 4 is 22.7 Å². The van der Waals surface area contributed by atoms with Crippen LogP contribution in [0.25, 0.3) is 22.2 Å². The van der Waals surface area contributed by atoms with E-state index >= 15 is 0 Å². The van der Waals surface area contributed by atoms with Gasteiger partial charge in [-0.1, -0.05) is 36.4 Å². The lowest BCUT2D eigenvalue weighted by atomic mass is 9.81. The molecule has 2 amide bonds. The van der Waals surface area contributed by atoms with Gasteiger partial charge in [0, 0.05) is 28.3 Å². The van der Waals surface area contributed by atoms with E-state index in [1.165, 1.54) is 19.1 Å². The maximum absolute atomic E-state index is 14.7. The molecule has 12 heteroatoms. The van der Waals surface area contributed by atoms with Crippen LogP contribution in [0.1, 0.15) is 41.4 Å². The van der Waals surface area contributed by atoms with E-state index in [0.29, 0.717) is 22.2 Å². The number of ether oxygens (including phenoxy) is 2. The molecule has 1 aliphatic heterocycles. The Labute approximate surface area is 243 Å². The molecule has 0 bridgehead atoms. The van der Waals surface area contributed by atoms with E-state index < -0.39 is 41.2 Å². The molecular formula is C31H27F3N4O5. The number of carbonyl (C=O) groups excluding carboxylic acids is 2. The summed E-state index contributed by atoms with van der Waals surface area (Å²) in [5.41, 5.74) is 0.687. The molecule has 2 aromatic carbocycles. The lowest BCUT2D eigenvalue weighted by molar-refractivity contribution is -0.265. The Morgan fingerprint density at radius 2 is 1.88 bits per heavy atom. The average Bonchev–Trinajstić information content (AvgIpc) is 3.74. The molecule has 1 saturated carbocycles. The van der Waals surface area contributed by atoms with E-state index in [1.807, 2.05) is 0 Å². The predicted octanol–water partition coefficient (Wildman–Crippen LogP) is 4.15. The first-order valence-corrected chi connectivity index (χ1v) is 13.6. The third-order valence-corrected chi connectivity index (χ3v) is 7.81. The fourth-order valence-corrected chi connectivity index (χ4v) is 4.98. The molecule has 2 aliphatic rings. The van der Waals surface area contributed by atoms with Crippen molar-refractivity contribution in [1.29, 1.82) is 0 Å². The number of fused-ring (bicyclic) bond motifs is 2. The highest BCUT2D eigenvalue weighted by molar-refractivity contribution is 6.00. The molecule has 1 fully saturated rings. The molecular weight excluding hydrogens is 565 g/mol. The van der Waals surface area contributed by atoms with E-state index in [9.17, 15) is 27.9 Å². The highest BCUT2D eigenvalue weighted by atomic mass is 19.4. The fraction of sp³-hybridized carbons (Fsp3) is 0.290. The molecule has 0 saturated heterocycles. The Bertz CT molecular complexity index is 1750. The first kappa shape index (κ1) is 28.4. The van der Waals surface area contributed by atoms with E-state index in [0.717, 1.165) is 18.9 Å². The number of carbonyl (C=O) groups is 2. The van der Waals surface area contributed by atoms with E-state index in [1.54, 1.807) is 48.7 Å².